The van der Waals surface area contributed by atoms with Crippen LogP contribution in [0.25, 0.3) is 0 Å². The normalized spacial score (nSPS) is 14.6. The number of carbonyl (C=O) groups is 1. The van der Waals surface area contributed by atoms with Gasteiger partial charge in [-0.1, -0.05) is 0 Å². The maximum Gasteiger partial charge on any atom is 0.238 e. The van der Waals surface area contributed by atoms with E-state index in [9.17, 15) is 21.6 Å². The molecule has 15 heavy (non-hydrogen) atoms. The van der Waals surface area contributed by atoms with Gasteiger partial charge >= 0.3 is 0 Å². The molecule has 0 fully saturated rings. The molecule has 0 saturated heterocycles. The molecule has 3 N–H and O–H groups in total. The Morgan fingerprint density at radius 3 is 2.13 bits per heavy atom. The van der Waals surface area contributed by atoms with Crippen molar-refractivity contribution in [1.82, 2.24) is 5.32 Å². The van der Waals surface area contributed by atoms with Gasteiger partial charge in [-0.2, -0.15) is 0 Å². The molecule has 0 aromatic rings. The van der Waals surface area contributed by atoms with E-state index in [0.29, 0.717) is 0 Å². The molecule has 9 heteroatoms. The number of amides is 1. The van der Waals surface area contributed by atoms with Gasteiger partial charge in [-0.3, -0.25) is 4.79 Å². The van der Waals surface area contributed by atoms with Gasteiger partial charge < -0.3 is 5.32 Å². The first kappa shape index (κ1) is 14.3. The zero-order chi connectivity index (χ0) is 12.3. The lowest BCUT2D eigenvalue weighted by molar-refractivity contribution is -0.120. The predicted octanol–water partition coefficient (Wildman–Crippen LogP) is -2.18. The number of primary sulfonamides is 1. The highest BCUT2D eigenvalue weighted by atomic mass is 32.2. The van der Waals surface area contributed by atoms with Crippen LogP contribution in [0.4, 0.5) is 0 Å². The average Bonchev–Trinajstić information content (AvgIpc) is 1.98. The van der Waals surface area contributed by atoms with E-state index < -0.39 is 36.8 Å². The Morgan fingerprint density at radius 1 is 1.33 bits per heavy atom. The van der Waals surface area contributed by atoms with Crippen LogP contribution in [-0.2, 0) is 24.7 Å². The number of hydrogen-bond acceptors (Lipinski definition) is 5. The number of sulfone groups is 1. The molecule has 0 heterocycles. The average molecular weight is 258 g/mol. The molecule has 0 saturated carbocycles. The van der Waals surface area contributed by atoms with E-state index in [0.717, 1.165) is 6.26 Å². The van der Waals surface area contributed by atoms with E-state index in [1.165, 1.54) is 6.92 Å². The van der Waals surface area contributed by atoms with Crippen molar-refractivity contribution in [1.29, 1.82) is 0 Å². The van der Waals surface area contributed by atoms with Crippen molar-refractivity contribution in [3.05, 3.63) is 0 Å². The van der Waals surface area contributed by atoms with Gasteiger partial charge in [0, 0.05) is 12.8 Å². The first-order valence-corrected chi connectivity index (χ1v) is 7.68. The molecule has 90 valence electrons. The summed E-state index contributed by atoms with van der Waals surface area (Å²) in [6.45, 7) is 1.03. The van der Waals surface area contributed by atoms with Gasteiger partial charge in [-0.15, -0.1) is 0 Å². The van der Waals surface area contributed by atoms with Crippen molar-refractivity contribution in [3.63, 3.8) is 0 Å². The number of nitrogens with one attached hydrogen (secondary N) is 1. The summed E-state index contributed by atoms with van der Waals surface area (Å²) in [7, 11) is -7.11. The summed E-state index contributed by atoms with van der Waals surface area (Å²) in [5, 5.41) is 5.66. The molecule has 1 amide bonds. The van der Waals surface area contributed by atoms with Crippen molar-refractivity contribution in [2.75, 3.05) is 18.6 Å². The van der Waals surface area contributed by atoms with E-state index in [4.69, 9.17) is 0 Å². The van der Waals surface area contributed by atoms with Crippen LogP contribution in [0.5, 0.6) is 0 Å². The number of hydrogen-bond donors (Lipinski definition) is 2. The van der Waals surface area contributed by atoms with Crippen LogP contribution in [0.3, 0.4) is 0 Å². The summed E-state index contributed by atoms with van der Waals surface area (Å²) >= 11 is 0. The molecular formula is C6H14N2O5S2. The zero-order valence-corrected chi connectivity index (χ0v) is 10.1. The highest BCUT2D eigenvalue weighted by molar-refractivity contribution is 7.92. The van der Waals surface area contributed by atoms with Gasteiger partial charge in [0.25, 0.3) is 0 Å². The molecule has 0 aliphatic carbocycles. The Labute approximate surface area is 89.0 Å². The summed E-state index contributed by atoms with van der Waals surface area (Å²) in [6.07, 6.45) is 0.928. The third-order valence-corrected chi connectivity index (χ3v) is 3.97. The monoisotopic (exact) mass is 258 g/mol. The molecule has 0 rings (SSSR count). The molecule has 0 spiro atoms. The van der Waals surface area contributed by atoms with Crippen molar-refractivity contribution >= 4 is 25.8 Å². The number of nitrogens with two attached hydrogens (primary N) is 1. The Bertz CT molecular complexity index is 424. The van der Waals surface area contributed by atoms with E-state index in [2.05, 4.69) is 10.5 Å². The Morgan fingerprint density at radius 2 is 1.80 bits per heavy atom. The highest BCUT2D eigenvalue weighted by Crippen LogP contribution is 1.96. The SMILES string of the molecule is CC(C(=O)NCCS(N)(=O)=O)S(C)(=O)=O. The second-order valence-electron chi connectivity index (χ2n) is 3.13. The minimum absolute atomic E-state index is 0.197. The maximum absolute atomic E-state index is 11.1. The molecular weight excluding hydrogens is 244 g/mol. The number of carbonyl (C=O) groups excluding carboxylic acids is 1. The molecule has 0 aromatic heterocycles. The quantitative estimate of drug-likeness (QED) is 0.580. The zero-order valence-electron chi connectivity index (χ0n) is 8.43. The van der Waals surface area contributed by atoms with E-state index in [-0.39, 0.29) is 6.54 Å². The third-order valence-electron chi connectivity index (χ3n) is 1.70. The lowest BCUT2D eigenvalue weighted by Crippen LogP contribution is -2.40. The van der Waals surface area contributed by atoms with Crippen molar-refractivity contribution in [3.8, 4) is 0 Å². The number of sulfonamides is 1. The largest absolute Gasteiger partial charge is 0.354 e. The fraction of sp³-hybridized carbons (Fsp3) is 0.833. The van der Waals surface area contributed by atoms with Crippen LogP contribution in [0, 0.1) is 0 Å². The smallest absolute Gasteiger partial charge is 0.238 e. The minimum Gasteiger partial charge on any atom is -0.354 e. The Balaban J connectivity index is 4.18. The van der Waals surface area contributed by atoms with Gasteiger partial charge in [-0.25, -0.2) is 22.0 Å². The summed E-state index contributed by atoms with van der Waals surface area (Å²) in [5.74, 6) is -1.16. The van der Waals surface area contributed by atoms with Crippen molar-refractivity contribution in [2.45, 2.75) is 12.2 Å². The third kappa shape index (κ3) is 6.42. The molecule has 0 aliphatic rings. The molecule has 0 aliphatic heterocycles. The molecule has 0 radical (unpaired) electrons. The van der Waals surface area contributed by atoms with Crippen LogP contribution >= 0.6 is 0 Å². The summed E-state index contributed by atoms with van der Waals surface area (Å²) in [5.41, 5.74) is 0. The topological polar surface area (TPSA) is 123 Å². The van der Waals surface area contributed by atoms with Crippen molar-refractivity contribution < 1.29 is 21.6 Å². The predicted molar refractivity (Wildman–Crippen MR) is 55.3 cm³/mol. The van der Waals surface area contributed by atoms with E-state index >= 15 is 0 Å². The second-order valence-corrected chi connectivity index (χ2v) is 7.23. The Kier molecular flexibility index (Phi) is 4.68. The van der Waals surface area contributed by atoms with Gasteiger partial charge in [0.2, 0.25) is 15.9 Å². The van der Waals surface area contributed by atoms with Crippen LogP contribution < -0.4 is 10.5 Å². The molecule has 7 nitrogen and oxygen atoms in total. The Hall–Kier alpha value is -0.670. The second kappa shape index (κ2) is 4.90. The fourth-order valence-electron chi connectivity index (χ4n) is 0.655. The lowest BCUT2D eigenvalue weighted by Gasteiger charge is -2.09. The summed E-state index contributed by atoms with van der Waals surface area (Å²) in [4.78, 5) is 11.1. The summed E-state index contributed by atoms with van der Waals surface area (Å²) in [6, 6.07) is 0. The number of rotatable bonds is 5. The summed E-state index contributed by atoms with van der Waals surface area (Å²) < 4.78 is 42.8. The maximum atomic E-state index is 11.1. The van der Waals surface area contributed by atoms with Crippen molar-refractivity contribution in [2.24, 2.45) is 5.14 Å². The van der Waals surface area contributed by atoms with Crippen LogP contribution in [0.1, 0.15) is 6.92 Å². The van der Waals surface area contributed by atoms with Gasteiger partial charge in [0.15, 0.2) is 9.84 Å². The highest BCUT2D eigenvalue weighted by Gasteiger charge is 2.23. The molecule has 0 bridgehead atoms. The van der Waals surface area contributed by atoms with Crippen LogP contribution in [0.15, 0.2) is 0 Å². The van der Waals surface area contributed by atoms with Gasteiger partial charge in [0.1, 0.15) is 5.25 Å². The minimum atomic E-state index is -3.65. The first-order valence-electron chi connectivity index (χ1n) is 4.01. The van der Waals surface area contributed by atoms with Crippen LogP contribution in [0.2, 0.25) is 0 Å². The molecule has 1 atom stereocenters. The van der Waals surface area contributed by atoms with E-state index in [1.807, 2.05) is 0 Å². The van der Waals surface area contributed by atoms with Crippen LogP contribution in [-0.4, -0.2) is 46.5 Å². The lowest BCUT2D eigenvalue weighted by atomic mass is 10.4. The van der Waals surface area contributed by atoms with Gasteiger partial charge in [0.05, 0.1) is 5.75 Å². The fourth-order valence-corrected chi connectivity index (χ4v) is 1.51. The van der Waals surface area contributed by atoms with Gasteiger partial charge in [-0.05, 0) is 6.92 Å². The first-order chi connectivity index (χ1) is 6.54. The molecule has 1 unspecified atom stereocenters. The van der Waals surface area contributed by atoms with E-state index in [1.54, 1.807) is 0 Å². The molecule has 0 aromatic carbocycles. The standard InChI is InChI=1S/C6H14N2O5S2/c1-5(14(2,10)11)6(9)8-3-4-15(7,12)13/h5H,3-4H2,1-2H3,(H,8,9)(H2,7,12,13).